The van der Waals surface area contributed by atoms with Crippen molar-refractivity contribution in [2.75, 3.05) is 0 Å². The number of hydrogen-bond acceptors (Lipinski definition) is 2. The predicted octanol–water partition coefficient (Wildman–Crippen LogP) is 3.01. The van der Waals surface area contributed by atoms with Gasteiger partial charge in [-0.15, -0.1) is 0 Å². The topological polar surface area (TPSA) is 74.6 Å². The molecule has 0 aromatic carbocycles. The minimum absolute atomic E-state index is 0.0775. The van der Waals surface area contributed by atoms with E-state index in [1.54, 1.807) is 13.8 Å². The molecule has 0 aromatic heterocycles. The lowest BCUT2D eigenvalue weighted by Crippen LogP contribution is -2.21. The monoisotopic (exact) mass is 232 g/mol. The number of hydrogen-bond donors (Lipinski definition) is 2. The molecule has 16 heavy (non-hydrogen) atoms. The molecule has 0 aliphatic rings. The Bertz CT molecular complexity index is 236. The van der Waals surface area contributed by atoms with Gasteiger partial charge < -0.3 is 10.2 Å². The first-order chi connectivity index (χ1) is 6.92. The van der Waals surface area contributed by atoms with Crippen LogP contribution in [0, 0.1) is 10.8 Å². The summed E-state index contributed by atoms with van der Waals surface area (Å²) in [5, 5.41) is 16.7. The lowest BCUT2D eigenvalue weighted by Gasteiger charge is -2.14. The SMILES string of the molecule is CC(C)(C)CC(=O)O.CCC(C)(C)C(=O)O. The lowest BCUT2D eigenvalue weighted by molar-refractivity contribution is -0.147. The Labute approximate surface area is 97.7 Å². The van der Waals surface area contributed by atoms with Crippen LogP contribution in [0.4, 0.5) is 0 Å². The van der Waals surface area contributed by atoms with Crippen LogP contribution < -0.4 is 0 Å². The van der Waals surface area contributed by atoms with Crippen LogP contribution in [0.25, 0.3) is 0 Å². The largest absolute Gasteiger partial charge is 0.481 e. The fourth-order valence-corrected chi connectivity index (χ4v) is 0.605. The number of carbonyl (C=O) groups is 2. The first kappa shape index (κ1) is 17.3. The maximum absolute atomic E-state index is 10.3. The van der Waals surface area contributed by atoms with Crippen LogP contribution in [0.15, 0.2) is 0 Å². The van der Waals surface area contributed by atoms with Crippen LogP contribution in [0.1, 0.15) is 54.4 Å². The van der Waals surface area contributed by atoms with Crippen LogP contribution >= 0.6 is 0 Å². The van der Waals surface area contributed by atoms with Crippen molar-refractivity contribution in [1.82, 2.24) is 0 Å². The van der Waals surface area contributed by atoms with Gasteiger partial charge >= 0.3 is 11.9 Å². The molecule has 0 amide bonds. The van der Waals surface area contributed by atoms with Gasteiger partial charge in [0.05, 0.1) is 11.8 Å². The van der Waals surface area contributed by atoms with E-state index in [2.05, 4.69) is 0 Å². The Hall–Kier alpha value is -1.06. The number of aliphatic carboxylic acids is 2. The molecule has 96 valence electrons. The molecule has 4 nitrogen and oxygen atoms in total. The molecule has 2 N–H and O–H groups in total. The molecule has 0 unspecified atom stereocenters. The van der Waals surface area contributed by atoms with Gasteiger partial charge in [-0.05, 0) is 25.7 Å². The smallest absolute Gasteiger partial charge is 0.309 e. The minimum atomic E-state index is -0.725. The summed E-state index contributed by atoms with van der Waals surface area (Å²) < 4.78 is 0. The van der Waals surface area contributed by atoms with Crippen molar-refractivity contribution in [2.24, 2.45) is 10.8 Å². The molecule has 0 fully saturated rings. The zero-order valence-corrected chi connectivity index (χ0v) is 11.1. The third-order valence-electron chi connectivity index (χ3n) is 2.14. The van der Waals surface area contributed by atoms with Gasteiger partial charge in [0.15, 0.2) is 0 Å². The summed E-state index contributed by atoms with van der Waals surface area (Å²) >= 11 is 0. The maximum atomic E-state index is 10.3. The fourth-order valence-electron chi connectivity index (χ4n) is 0.605. The standard InChI is InChI=1S/2C6H12O2/c1-6(2,3)4-5(7)8;1-4-6(2,3)5(7)8/h2*4H2,1-3H3,(H,7,8). The summed E-state index contributed by atoms with van der Waals surface area (Å²) in [6.07, 6.45) is 0.926. The van der Waals surface area contributed by atoms with E-state index in [4.69, 9.17) is 10.2 Å². The highest BCUT2D eigenvalue weighted by Gasteiger charge is 2.23. The number of carboxylic acids is 2. The molecule has 0 saturated heterocycles. The van der Waals surface area contributed by atoms with Gasteiger partial charge in [-0.25, -0.2) is 0 Å². The molecule has 0 atom stereocenters. The third kappa shape index (κ3) is 11.0. The van der Waals surface area contributed by atoms with Crippen molar-refractivity contribution in [3.63, 3.8) is 0 Å². The van der Waals surface area contributed by atoms with E-state index < -0.39 is 17.4 Å². The summed E-state index contributed by atoms with van der Waals surface area (Å²) in [7, 11) is 0. The van der Waals surface area contributed by atoms with E-state index in [0.29, 0.717) is 6.42 Å². The van der Waals surface area contributed by atoms with E-state index in [1.165, 1.54) is 0 Å². The molecule has 4 heteroatoms. The van der Waals surface area contributed by atoms with Crippen LogP contribution in [0.3, 0.4) is 0 Å². The number of rotatable bonds is 3. The Morgan fingerprint density at radius 1 is 1.00 bits per heavy atom. The summed E-state index contributed by atoms with van der Waals surface area (Å²) in [6, 6.07) is 0. The molecule has 0 aromatic rings. The molecule has 0 heterocycles. The second kappa shape index (κ2) is 6.51. The van der Waals surface area contributed by atoms with Crippen molar-refractivity contribution >= 4 is 11.9 Å². The maximum Gasteiger partial charge on any atom is 0.309 e. The minimum Gasteiger partial charge on any atom is -0.481 e. The Balaban J connectivity index is 0. The molecule has 0 saturated carbocycles. The Kier molecular flexibility index (Phi) is 7.05. The molecule has 0 aliphatic heterocycles. The molecule has 0 spiro atoms. The van der Waals surface area contributed by atoms with Crippen LogP contribution in [-0.2, 0) is 9.59 Å². The highest BCUT2D eigenvalue weighted by Crippen LogP contribution is 2.18. The Morgan fingerprint density at radius 3 is 1.38 bits per heavy atom. The first-order valence-electron chi connectivity index (χ1n) is 5.37. The van der Waals surface area contributed by atoms with Gasteiger partial charge in [-0.3, -0.25) is 9.59 Å². The first-order valence-corrected chi connectivity index (χ1v) is 5.37. The van der Waals surface area contributed by atoms with Gasteiger partial charge in [0.25, 0.3) is 0 Å². The van der Waals surface area contributed by atoms with E-state index in [1.807, 2.05) is 27.7 Å². The highest BCUT2D eigenvalue weighted by molar-refractivity contribution is 5.73. The predicted molar refractivity (Wildman–Crippen MR) is 63.4 cm³/mol. The third-order valence-corrected chi connectivity index (χ3v) is 2.14. The van der Waals surface area contributed by atoms with E-state index in [-0.39, 0.29) is 11.8 Å². The van der Waals surface area contributed by atoms with Crippen molar-refractivity contribution in [3.05, 3.63) is 0 Å². The molecular formula is C12H24O4. The summed E-state index contributed by atoms with van der Waals surface area (Å²) in [6.45, 7) is 11.0. The van der Waals surface area contributed by atoms with Crippen molar-refractivity contribution in [2.45, 2.75) is 54.4 Å². The van der Waals surface area contributed by atoms with Gasteiger partial charge in [0.1, 0.15) is 0 Å². The normalized spacial score (nSPS) is 11.4. The lowest BCUT2D eigenvalue weighted by atomic mass is 9.91. The van der Waals surface area contributed by atoms with E-state index in [9.17, 15) is 9.59 Å². The number of carboxylic acid groups (broad SMARTS) is 2. The van der Waals surface area contributed by atoms with E-state index in [0.717, 1.165) is 0 Å². The molecule has 0 bridgehead atoms. The summed E-state index contributed by atoms with van der Waals surface area (Å²) in [5.74, 6) is -1.45. The molecule has 0 radical (unpaired) electrons. The van der Waals surface area contributed by atoms with Gasteiger partial charge in [-0.2, -0.15) is 0 Å². The average Bonchev–Trinajstić information content (AvgIpc) is 2.00. The van der Waals surface area contributed by atoms with Gasteiger partial charge in [0.2, 0.25) is 0 Å². The summed E-state index contributed by atoms with van der Waals surface area (Å²) in [5.41, 5.74) is -0.619. The van der Waals surface area contributed by atoms with Crippen molar-refractivity contribution in [1.29, 1.82) is 0 Å². The fraction of sp³-hybridized carbons (Fsp3) is 0.833. The highest BCUT2D eigenvalue weighted by atomic mass is 16.4. The van der Waals surface area contributed by atoms with Gasteiger partial charge in [-0.1, -0.05) is 27.7 Å². The second-order valence-electron chi connectivity index (χ2n) is 5.67. The molecule has 0 aliphatic carbocycles. The quantitative estimate of drug-likeness (QED) is 0.784. The van der Waals surface area contributed by atoms with Crippen LogP contribution in [0.2, 0.25) is 0 Å². The summed E-state index contributed by atoms with van der Waals surface area (Å²) in [4.78, 5) is 20.3. The van der Waals surface area contributed by atoms with Crippen molar-refractivity contribution in [3.8, 4) is 0 Å². The zero-order chi connectivity index (χ0) is 13.6. The second-order valence-corrected chi connectivity index (χ2v) is 5.67. The van der Waals surface area contributed by atoms with E-state index >= 15 is 0 Å². The van der Waals surface area contributed by atoms with Crippen LogP contribution in [-0.4, -0.2) is 22.2 Å². The molecular weight excluding hydrogens is 208 g/mol. The Morgan fingerprint density at radius 2 is 1.38 bits per heavy atom. The average molecular weight is 232 g/mol. The van der Waals surface area contributed by atoms with Gasteiger partial charge in [0, 0.05) is 0 Å². The van der Waals surface area contributed by atoms with Crippen LogP contribution in [0.5, 0.6) is 0 Å². The zero-order valence-electron chi connectivity index (χ0n) is 11.1. The van der Waals surface area contributed by atoms with Crippen molar-refractivity contribution < 1.29 is 19.8 Å². The molecule has 0 rings (SSSR count).